The Balaban J connectivity index is 1.25. The summed E-state index contributed by atoms with van der Waals surface area (Å²) < 4.78 is 5.22. The minimum Gasteiger partial charge on any atom is -0.497 e. The highest BCUT2D eigenvalue weighted by Gasteiger charge is 2.25. The van der Waals surface area contributed by atoms with Gasteiger partial charge < -0.3 is 19.4 Å². The number of hydrogen-bond donors (Lipinski definition) is 0. The summed E-state index contributed by atoms with van der Waals surface area (Å²) in [5, 5.41) is 0. The summed E-state index contributed by atoms with van der Waals surface area (Å²) in [6.45, 7) is 3.70. The van der Waals surface area contributed by atoms with Crippen molar-refractivity contribution in [2.75, 3.05) is 55.4 Å². The minimum absolute atomic E-state index is 0.124. The maximum atomic E-state index is 12.7. The Morgan fingerprint density at radius 1 is 1.03 bits per heavy atom. The molecule has 0 radical (unpaired) electrons. The molecule has 0 atom stereocenters. The van der Waals surface area contributed by atoms with Gasteiger partial charge in [0.1, 0.15) is 5.75 Å². The molecule has 0 saturated carbocycles. The maximum absolute atomic E-state index is 12.7. The number of ether oxygens (including phenoxy) is 1. The highest BCUT2D eigenvalue weighted by Crippen LogP contribution is 2.35. The molecule has 1 saturated heterocycles. The number of carbonyl (C=O) groups is 2. The van der Waals surface area contributed by atoms with Gasteiger partial charge in [-0.15, -0.1) is 11.8 Å². The Labute approximate surface area is 181 Å². The number of methoxy groups -OCH3 is 1. The highest BCUT2D eigenvalue weighted by molar-refractivity contribution is 8.00. The predicted molar refractivity (Wildman–Crippen MR) is 121 cm³/mol. The molecule has 0 unspecified atom stereocenters. The summed E-state index contributed by atoms with van der Waals surface area (Å²) in [6.07, 6.45) is 1.16. The van der Waals surface area contributed by atoms with Crippen molar-refractivity contribution in [3.05, 3.63) is 48.5 Å². The number of para-hydroxylation sites is 1. The molecule has 30 heavy (non-hydrogen) atoms. The zero-order chi connectivity index (χ0) is 20.9. The first-order valence-corrected chi connectivity index (χ1v) is 11.3. The molecule has 7 heteroatoms. The van der Waals surface area contributed by atoms with E-state index in [4.69, 9.17) is 4.74 Å². The van der Waals surface area contributed by atoms with Crippen LogP contribution >= 0.6 is 11.8 Å². The zero-order valence-corrected chi connectivity index (χ0v) is 18.1. The molecule has 0 bridgehead atoms. The fraction of sp³-hybridized carbons (Fsp3) is 0.391. The topological polar surface area (TPSA) is 53.1 Å². The molecule has 2 heterocycles. The van der Waals surface area contributed by atoms with Gasteiger partial charge in [0, 0.05) is 49.7 Å². The second kappa shape index (κ2) is 9.43. The second-order valence-electron chi connectivity index (χ2n) is 7.47. The smallest absolute Gasteiger partial charge is 0.237 e. The lowest BCUT2D eigenvalue weighted by atomic mass is 10.2. The van der Waals surface area contributed by atoms with Gasteiger partial charge in [-0.25, -0.2) is 0 Å². The van der Waals surface area contributed by atoms with Crippen molar-refractivity contribution >= 4 is 35.0 Å². The molecule has 1 fully saturated rings. The summed E-state index contributed by atoms with van der Waals surface area (Å²) >= 11 is 1.59. The van der Waals surface area contributed by atoms with Crippen LogP contribution in [0.25, 0.3) is 0 Å². The van der Waals surface area contributed by atoms with E-state index in [1.807, 2.05) is 46.2 Å². The quantitative estimate of drug-likeness (QED) is 0.711. The zero-order valence-electron chi connectivity index (χ0n) is 17.3. The lowest BCUT2D eigenvalue weighted by molar-refractivity contribution is -0.131. The van der Waals surface area contributed by atoms with Crippen LogP contribution in [0, 0.1) is 0 Å². The average molecular weight is 426 g/mol. The third-order valence-corrected chi connectivity index (χ3v) is 6.70. The van der Waals surface area contributed by atoms with E-state index >= 15 is 0 Å². The molecular weight excluding hydrogens is 398 g/mol. The van der Waals surface area contributed by atoms with Crippen LogP contribution in [0.3, 0.4) is 0 Å². The van der Waals surface area contributed by atoms with E-state index in [2.05, 4.69) is 17.0 Å². The van der Waals surface area contributed by atoms with Crippen molar-refractivity contribution < 1.29 is 14.3 Å². The molecule has 0 spiro atoms. The molecular formula is C23H27N3O3S. The third-order valence-electron chi connectivity index (χ3n) is 5.65. The number of fused-ring (bicyclic) bond motifs is 1. The molecule has 0 N–H and O–H groups in total. The van der Waals surface area contributed by atoms with Gasteiger partial charge in [-0.05, 0) is 42.8 Å². The molecule has 4 rings (SSSR count). The molecule has 6 nitrogen and oxygen atoms in total. The number of rotatable bonds is 6. The van der Waals surface area contributed by atoms with E-state index in [1.54, 1.807) is 18.9 Å². The number of hydrogen-bond acceptors (Lipinski definition) is 5. The highest BCUT2D eigenvalue weighted by atomic mass is 32.2. The van der Waals surface area contributed by atoms with Crippen LogP contribution in [0.4, 0.5) is 11.4 Å². The lowest BCUT2D eigenvalue weighted by Gasteiger charge is -2.36. The van der Waals surface area contributed by atoms with E-state index in [0.29, 0.717) is 25.1 Å². The summed E-state index contributed by atoms with van der Waals surface area (Å²) in [7, 11) is 1.66. The van der Waals surface area contributed by atoms with Crippen molar-refractivity contribution in [1.82, 2.24) is 4.90 Å². The third kappa shape index (κ3) is 4.56. The van der Waals surface area contributed by atoms with Gasteiger partial charge in [0.25, 0.3) is 0 Å². The van der Waals surface area contributed by atoms with Crippen LogP contribution in [-0.4, -0.2) is 62.3 Å². The average Bonchev–Trinajstić information content (AvgIpc) is 2.80. The molecule has 2 aliphatic heterocycles. The van der Waals surface area contributed by atoms with Crippen LogP contribution in [0.15, 0.2) is 53.4 Å². The van der Waals surface area contributed by atoms with Gasteiger partial charge in [-0.1, -0.05) is 12.1 Å². The largest absolute Gasteiger partial charge is 0.497 e. The summed E-state index contributed by atoms with van der Waals surface area (Å²) in [5.74, 6) is 1.62. The summed E-state index contributed by atoms with van der Waals surface area (Å²) in [5.41, 5.74) is 2.13. The normalized spacial score (nSPS) is 16.4. The maximum Gasteiger partial charge on any atom is 0.237 e. The van der Waals surface area contributed by atoms with Crippen molar-refractivity contribution in [2.45, 2.75) is 17.7 Å². The summed E-state index contributed by atoms with van der Waals surface area (Å²) in [6, 6.07) is 16.0. The number of carbonyl (C=O) groups excluding carboxylic acids is 2. The van der Waals surface area contributed by atoms with E-state index in [-0.39, 0.29) is 11.8 Å². The van der Waals surface area contributed by atoms with Gasteiger partial charge in [0.2, 0.25) is 11.8 Å². The number of anilines is 2. The van der Waals surface area contributed by atoms with Gasteiger partial charge in [-0.3, -0.25) is 9.59 Å². The van der Waals surface area contributed by atoms with Crippen LogP contribution < -0.4 is 14.5 Å². The molecule has 2 amide bonds. The lowest BCUT2D eigenvalue weighted by Crippen LogP contribution is -2.49. The Kier molecular flexibility index (Phi) is 6.47. The predicted octanol–water partition coefficient (Wildman–Crippen LogP) is 3.26. The van der Waals surface area contributed by atoms with Gasteiger partial charge in [-0.2, -0.15) is 0 Å². The molecule has 0 aliphatic carbocycles. The summed E-state index contributed by atoms with van der Waals surface area (Å²) in [4.78, 5) is 32.2. The second-order valence-corrected chi connectivity index (χ2v) is 8.49. The van der Waals surface area contributed by atoms with E-state index in [0.717, 1.165) is 48.2 Å². The van der Waals surface area contributed by atoms with Crippen molar-refractivity contribution in [3.8, 4) is 5.75 Å². The first-order chi connectivity index (χ1) is 14.7. The fourth-order valence-electron chi connectivity index (χ4n) is 3.95. The monoisotopic (exact) mass is 425 g/mol. The first-order valence-electron chi connectivity index (χ1n) is 10.3. The van der Waals surface area contributed by atoms with Gasteiger partial charge >= 0.3 is 0 Å². The Morgan fingerprint density at radius 3 is 2.50 bits per heavy atom. The number of amides is 2. The SMILES string of the molecule is COc1ccc(N2CCN(C(=O)CCCN3C(=O)CSc4ccccc43)CC2)cc1. The number of benzene rings is 2. The Hall–Kier alpha value is -2.67. The van der Waals surface area contributed by atoms with Gasteiger partial charge in [0.15, 0.2) is 0 Å². The van der Waals surface area contributed by atoms with E-state index in [9.17, 15) is 9.59 Å². The molecule has 2 aliphatic rings. The Morgan fingerprint density at radius 2 is 1.77 bits per heavy atom. The van der Waals surface area contributed by atoms with Crippen LogP contribution in [0.1, 0.15) is 12.8 Å². The Bertz CT molecular complexity index is 895. The molecule has 0 aromatic heterocycles. The molecule has 158 valence electrons. The van der Waals surface area contributed by atoms with E-state index < -0.39 is 0 Å². The van der Waals surface area contributed by atoms with Crippen LogP contribution in [0.5, 0.6) is 5.75 Å². The van der Waals surface area contributed by atoms with Crippen molar-refractivity contribution in [2.24, 2.45) is 0 Å². The first kappa shape index (κ1) is 20.6. The number of thioether (sulfide) groups is 1. The number of piperazine rings is 1. The standard InChI is InChI=1S/C23H27N3O3S/c1-29-19-10-8-18(9-11-19)24-13-15-25(16-14-24)22(27)7-4-12-26-20-5-2-3-6-21(20)30-17-23(26)28/h2-3,5-6,8-11H,4,7,12-17H2,1H3. The van der Waals surface area contributed by atoms with Crippen LogP contribution in [-0.2, 0) is 9.59 Å². The number of nitrogens with zero attached hydrogens (tertiary/aromatic N) is 3. The van der Waals surface area contributed by atoms with Crippen molar-refractivity contribution in [3.63, 3.8) is 0 Å². The fourth-order valence-corrected chi connectivity index (χ4v) is 4.89. The minimum atomic E-state index is 0.124. The van der Waals surface area contributed by atoms with Crippen LogP contribution in [0.2, 0.25) is 0 Å². The van der Waals surface area contributed by atoms with Gasteiger partial charge in [0.05, 0.1) is 18.6 Å². The van der Waals surface area contributed by atoms with Crippen molar-refractivity contribution in [1.29, 1.82) is 0 Å². The molecule has 2 aromatic carbocycles. The molecule has 2 aromatic rings. The van der Waals surface area contributed by atoms with E-state index in [1.165, 1.54) is 0 Å².